The van der Waals surface area contributed by atoms with Crippen LogP contribution in [0.5, 0.6) is 0 Å². The molecule has 10 nitrogen and oxygen atoms in total. The van der Waals surface area contributed by atoms with E-state index in [-0.39, 0.29) is 17.8 Å². The van der Waals surface area contributed by atoms with Gasteiger partial charge in [0.15, 0.2) is 0 Å². The topological polar surface area (TPSA) is 104 Å². The van der Waals surface area contributed by atoms with Crippen LogP contribution in [0, 0.1) is 5.82 Å². The minimum atomic E-state index is -0.945. The van der Waals surface area contributed by atoms with Crippen molar-refractivity contribution in [2.75, 3.05) is 63.6 Å². The highest BCUT2D eigenvalue weighted by Crippen LogP contribution is 2.30. The van der Waals surface area contributed by atoms with Gasteiger partial charge in [0.2, 0.25) is 5.91 Å². The summed E-state index contributed by atoms with van der Waals surface area (Å²) in [7, 11) is 3.94. The summed E-state index contributed by atoms with van der Waals surface area (Å²) < 4.78 is 13.5. The lowest BCUT2D eigenvalue weighted by Gasteiger charge is -2.37. The number of anilines is 2. The van der Waals surface area contributed by atoms with E-state index < -0.39 is 17.9 Å². The first-order chi connectivity index (χ1) is 23.2. The van der Waals surface area contributed by atoms with Gasteiger partial charge in [-0.3, -0.25) is 9.59 Å². The molecular weight excluding hydrogens is 609 g/mol. The Morgan fingerprint density at radius 2 is 1.60 bits per heavy atom. The number of carbonyl (C=O) groups excluding carboxylic acids is 3. The van der Waals surface area contributed by atoms with Gasteiger partial charge in [0.1, 0.15) is 11.9 Å². The molecule has 0 aliphatic carbocycles. The normalized spacial score (nSPS) is 16.3. The van der Waals surface area contributed by atoms with E-state index in [4.69, 9.17) is 0 Å². The number of benzene rings is 3. The number of likely N-dealkylation sites (tertiary alicyclic amines) is 1. The van der Waals surface area contributed by atoms with E-state index in [0.717, 1.165) is 40.6 Å². The van der Waals surface area contributed by atoms with Crippen LogP contribution < -0.4 is 15.5 Å². The highest BCUT2D eigenvalue weighted by Gasteiger charge is 2.33. The molecule has 3 heterocycles. The molecule has 0 bridgehead atoms. The third-order valence-corrected chi connectivity index (χ3v) is 9.40. The van der Waals surface area contributed by atoms with E-state index in [1.807, 2.05) is 73.4 Å². The van der Waals surface area contributed by atoms with Gasteiger partial charge in [-0.05, 0) is 80.5 Å². The first kappa shape index (κ1) is 33.0. The average molecular weight is 654 g/mol. The molecule has 0 spiro atoms. The van der Waals surface area contributed by atoms with Crippen LogP contribution in [0.15, 0.2) is 72.9 Å². The Morgan fingerprint density at radius 1 is 0.896 bits per heavy atom. The highest BCUT2D eigenvalue weighted by molar-refractivity contribution is 6.06. The summed E-state index contributed by atoms with van der Waals surface area (Å²) in [6, 6.07) is 18.5. The smallest absolute Gasteiger partial charge is 0.318 e. The minimum absolute atomic E-state index is 0.108. The third kappa shape index (κ3) is 7.31. The van der Waals surface area contributed by atoms with Crippen molar-refractivity contribution in [1.82, 2.24) is 25.0 Å². The van der Waals surface area contributed by atoms with Crippen molar-refractivity contribution >= 4 is 40.1 Å². The fraction of sp³-hybridized carbons (Fsp3) is 0.378. The number of nitrogens with zero attached hydrogens (tertiary/aromatic N) is 4. The Bertz CT molecular complexity index is 1760. The summed E-state index contributed by atoms with van der Waals surface area (Å²) in [4.78, 5) is 52.8. The molecule has 1 aromatic heterocycles. The van der Waals surface area contributed by atoms with Gasteiger partial charge in [-0.1, -0.05) is 31.2 Å². The van der Waals surface area contributed by atoms with Gasteiger partial charge in [0, 0.05) is 74.5 Å². The number of hydrogen-bond acceptors (Lipinski definition) is 5. The number of rotatable bonds is 9. The van der Waals surface area contributed by atoms with Crippen molar-refractivity contribution in [2.45, 2.75) is 38.3 Å². The summed E-state index contributed by atoms with van der Waals surface area (Å²) in [6.45, 7) is 6.00. The molecule has 48 heavy (non-hydrogen) atoms. The zero-order valence-corrected chi connectivity index (χ0v) is 27.8. The van der Waals surface area contributed by atoms with Crippen LogP contribution in [0.4, 0.5) is 20.6 Å². The van der Waals surface area contributed by atoms with Gasteiger partial charge in [-0.25, -0.2) is 9.18 Å². The molecule has 0 unspecified atom stereocenters. The van der Waals surface area contributed by atoms with Crippen molar-refractivity contribution in [3.05, 3.63) is 95.4 Å². The molecule has 11 heteroatoms. The van der Waals surface area contributed by atoms with Gasteiger partial charge < -0.3 is 35.2 Å². The molecule has 6 rings (SSSR count). The summed E-state index contributed by atoms with van der Waals surface area (Å²) in [5, 5.41) is 7.11. The lowest BCUT2D eigenvalue weighted by molar-refractivity contribution is -0.118. The van der Waals surface area contributed by atoms with Gasteiger partial charge in [-0.2, -0.15) is 0 Å². The second-order valence-corrected chi connectivity index (χ2v) is 13.1. The number of amides is 4. The number of halogens is 1. The lowest BCUT2D eigenvalue weighted by atomic mass is 9.92. The van der Waals surface area contributed by atoms with Gasteiger partial charge in [-0.15, -0.1) is 0 Å². The van der Waals surface area contributed by atoms with Crippen LogP contribution in [0.25, 0.3) is 10.9 Å². The standard InChI is InChI=1S/C37H44FN7O3/c1-25(31-23-39-32-9-5-4-8-29(31)32)34(41-37(48)45-20-18-43(19-21-45)28-13-11-27(38)12-14-28)35(46)40-33-22-26(24-42(2)3)10-15-30(33)36(47)44-16-6-7-17-44/h4-5,8-15,22-23,25,34,39H,6-7,16-21,24H2,1-3H3,(H,40,46)(H,41,48)/t25-,34+/m0/s1. The first-order valence-corrected chi connectivity index (χ1v) is 16.7. The van der Waals surface area contributed by atoms with Gasteiger partial charge in [0.05, 0.1) is 11.3 Å². The Morgan fingerprint density at radius 3 is 2.31 bits per heavy atom. The van der Waals surface area contributed by atoms with E-state index in [1.165, 1.54) is 12.1 Å². The van der Waals surface area contributed by atoms with Gasteiger partial charge in [0.25, 0.3) is 5.91 Å². The second kappa shape index (κ2) is 14.5. The average Bonchev–Trinajstić information content (AvgIpc) is 3.78. The number of carbonyl (C=O) groups is 3. The predicted octanol–water partition coefficient (Wildman–Crippen LogP) is 5.25. The highest BCUT2D eigenvalue weighted by atomic mass is 19.1. The molecule has 2 aliphatic heterocycles. The van der Waals surface area contributed by atoms with Crippen molar-refractivity contribution in [2.24, 2.45) is 0 Å². The number of piperazine rings is 1. The maximum absolute atomic E-state index is 14.4. The second-order valence-electron chi connectivity index (χ2n) is 13.1. The molecule has 252 valence electrons. The van der Waals surface area contributed by atoms with Gasteiger partial charge >= 0.3 is 6.03 Å². The fourth-order valence-corrected chi connectivity index (χ4v) is 6.76. The Kier molecular flexibility index (Phi) is 9.95. The van der Waals surface area contributed by atoms with Crippen LogP contribution in [0.1, 0.15) is 47.2 Å². The summed E-state index contributed by atoms with van der Waals surface area (Å²) in [5.41, 5.74) is 4.58. The summed E-state index contributed by atoms with van der Waals surface area (Å²) in [5.74, 6) is -1.21. The largest absolute Gasteiger partial charge is 0.368 e. The molecule has 2 fully saturated rings. The van der Waals surface area contributed by atoms with E-state index in [0.29, 0.717) is 57.1 Å². The molecule has 4 aromatic rings. The maximum atomic E-state index is 14.4. The van der Waals surface area contributed by atoms with Crippen molar-refractivity contribution in [3.63, 3.8) is 0 Å². The van der Waals surface area contributed by atoms with E-state index >= 15 is 0 Å². The summed E-state index contributed by atoms with van der Waals surface area (Å²) in [6.07, 6.45) is 3.81. The predicted molar refractivity (Wildman–Crippen MR) is 187 cm³/mol. The van der Waals surface area contributed by atoms with Crippen LogP contribution in [-0.4, -0.2) is 96.9 Å². The molecular formula is C37H44FN7O3. The first-order valence-electron chi connectivity index (χ1n) is 16.7. The minimum Gasteiger partial charge on any atom is -0.368 e. The number of hydrogen-bond donors (Lipinski definition) is 3. The monoisotopic (exact) mass is 653 g/mol. The van der Waals surface area contributed by atoms with E-state index in [2.05, 4.69) is 20.5 Å². The molecule has 3 N–H and O–H groups in total. The quantitative estimate of drug-likeness (QED) is 0.229. The van der Waals surface area contributed by atoms with Crippen LogP contribution in [-0.2, 0) is 11.3 Å². The van der Waals surface area contributed by atoms with Crippen molar-refractivity contribution in [1.29, 1.82) is 0 Å². The van der Waals surface area contributed by atoms with Crippen molar-refractivity contribution in [3.8, 4) is 0 Å². The third-order valence-electron chi connectivity index (χ3n) is 9.40. The number of fused-ring (bicyclic) bond motifs is 1. The molecule has 0 saturated carbocycles. The molecule has 0 radical (unpaired) electrons. The zero-order chi connectivity index (χ0) is 33.8. The molecule has 2 aliphatic rings. The number of H-pyrrole nitrogens is 1. The molecule has 3 aromatic carbocycles. The van der Waals surface area contributed by atoms with E-state index in [9.17, 15) is 18.8 Å². The molecule has 2 atom stereocenters. The van der Waals surface area contributed by atoms with Crippen molar-refractivity contribution < 1.29 is 18.8 Å². The lowest BCUT2D eigenvalue weighted by Crippen LogP contribution is -2.56. The zero-order valence-electron chi connectivity index (χ0n) is 27.8. The number of aromatic amines is 1. The number of para-hydroxylation sites is 1. The molecule has 4 amide bonds. The summed E-state index contributed by atoms with van der Waals surface area (Å²) >= 11 is 0. The van der Waals surface area contributed by atoms with Crippen LogP contribution >= 0.6 is 0 Å². The van der Waals surface area contributed by atoms with E-state index in [1.54, 1.807) is 23.1 Å². The number of urea groups is 1. The molecule has 2 saturated heterocycles. The Labute approximate surface area is 280 Å². The Balaban J connectivity index is 1.26. The SMILES string of the molecule is C[C@@H](c1c[nH]c2ccccc12)[C@@H](NC(=O)N1CCN(c2ccc(F)cc2)CC1)C(=O)Nc1cc(CN(C)C)ccc1C(=O)N1CCCC1. The Hall–Kier alpha value is -4.90. The maximum Gasteiger partial charge on any atom is 0.318 e. The van der Waals surface area contributed by atoms with Crippen LogP contribution in [0.3, 0.4) is 0 Å². The fourth-order valence-electron chi connectivity index (χ4n) is 6.76. The van der Waals surface area contributed by atoms with Crippen LogP contribution in [0.2, 0.25) is 0 Å². The number of aromatic nitrogens is 1. The number of nitrogens with one attached hydrogen (secondary N) is 3.